The molecule has 10 nitrogen and oxygen atoms in total. The van der Waals surface area contributed by atoms with Gasteiger partial charge in [0, 0.05) is 24.2 Å². The number of Topliss-reactive ketones (excluding diaryl/α,β-unsaturated/α-hetero) is 1. The van der Waals surface area contributed by atoms with Crippen LogP contribution in [-0.4, -0.2) is 49.1 Å². The predicted molar refractivity (Wildman–Crippen MR) is 190 cm³/mol. The molecule has 0 saturated heterocycles. The quantitative estimate of drug-likeness (QED) is 0.281. The maximum Gasteiger partial charge on any atom is 0.309 e. The molecular formula is C41H56N4O6. The van der Waals surface area contributed by atoms with Crippen LogP contribution in [0.1, 0.15) is 132 Å². The summed E-state index contributed by atoms with van der Waals surface area (Å²) in [5, 5.41) is 18.7. The van der Waals surface area contributed by atoms with Crippen molar-refractivity contribution in [3.8, 4) is 11.5 Å². The summed E-state index contributed by atoms with van der Waals surface area (Å²) in [5.41, 5.74) is 0.976. The number of aromatic nitrogens is 4. The number of ether oxygens (including phenoxy) is 1. The number of carboxylic acid groups (broad SMARTS) is 1. The Labute approximate surface area is 302 Å². The third-order valence-electron chi connectivity index (χ3n) is 15.5. The molecule has 2 aromatic heterocycles. The number of carbonyl (C=O) groups is 3. The van der Waals surface area contributed by atoms with E-state index in [0.29, 0.717) is 35.6 Å². The van der Waals surface area contributed by atoms with Gasteiger partial charge in [-0.25, -0.2) is 9.97 Å². The first-order valence-corrected chi connectivity index (χ1v) is 19.1. The number of nitrogens with zero attached hydrogens (tertiary/aromatic N) is 4. The fraction of sp³-hybridized carbons (Fsp3) is 0.732. The first kappa shape index (κ1) is 36.0. The van der Waals surface area contributed by atoms with Crippen LogP contribution in [0.3, 0.4) is 0 Å². The van der Waals surface area contributed by atoms with Crippen molar-refractivity contribution in [3.05, 3.63) is 35.8 Å². The SMILES string of the molecule is CC(C)C1=C2[C@H]3CC[C@@H]4[C@@]5(C)CC[C@H](OC(=O)CC(C)(C)C(=O)O)C(C)(C)[C@@H]5CC[C@@]4(C)[C@]3(C)CC[C@@]2(c2nnc(-c3cncnc3)o2)CC1=O. The van der Waals surface area contributed by atoms with E-state index in [9.17, 15) is 19.5 Å². The largest absolute Gasteiger partial charge is 0.481 e. The van der Waals surface area contributed by atoms with Crippen molar-refractivity contribution in [2.24, 2.45) is 50.7 Å². The second kappa shape index (κ2) is 11.8. The van der Waals surface area contributed by atoms with E-state index < -0.39 is 22.8 Å². The van der Waals surface area contributed by atoms with Crippen molar-refractivity contribution >= 4 is 17.7 Å². The van der Waals surface area contributed by atoms with Crippen molar-refractivity contribution in [1.29, 1.82) is 0 Å². The van der Waals surface area contributed by atoms with Crippen LogP contribution in [0.5, 0.6) is 0 Å². The van der Waals surface area contributed by atoms with Crippen LogP contribution in [0.15, 0.2) is 34.3 Å². The van der Waals surface area contributed by atoms with E-state index in [1.807, 2.05) is 0 Å². The zero-order valence-corrected chi connectivity index (χ0v) is 32.0. The van der Waals surface area contributed by atoms with Crippen molar-refractivity contribution in [3.63, 3.8) is 0 Å². The molecule has 51 heavy (non-hydrogen) atoms. The Balaban J connectivity index is 1.21. The number of hydrogen-bond acceptors (Lipinski definition) is 9. The number of ketones is 1. The van der Waals surface area contributed by atoms with E-state index in [0.717, 1.165) is 56.9 Å². The Morgan fingerprint density at radius 1 is 0.941 bits per heavy atom. The number of fused-ring (bicyclic) bond motifs is 7. The minimum atomic E-state index is -1.17. The zero-order valence-electron chi connectivity index (χ0n) is 32.0. The van der Waals surface area contributed by atoms with Crippen LogP contribution in [0.2, 0.25) is 0 Å². The molecule has 0 aliphatic heterocycles. The lowest BCUT2D eigenvalue weighted by molar-refractivity contribution is -0.232. The van der Waals surface area contributed by atoms with Gasteiger partial charge in [0.1, 0.15) is 12.4 Å². The molecule has 1 N–H and O–H groups in total. The maximum atomic E-state index is 14.1. The molecule has 0 spiro atoms. The Bertz CT molecular complexity index is 1780. The normalized spacial score (nSPS) is 37.3. The van der Waals surface area contributed by atoms with Gasteiger partial charge in [0.05, 0.1) is 22.8 Å². The third kappa shape index (κ3) is 5.11. The molecule has 5 aliphatic carbocycles. The highest BCUT2D eigenvalue weighted by atomic mass is 16.5. The third-order valence-corrected chi connectivity index (χ3v) is 15.5. The summed E-state index contributed by atoms with van der Waals surface area (Å²) in [6.45, 7) is 19.6. The summed E-state index contributed by atoms with van der Waals surface area (Å²) < 4.78 is 12.6. The van der Waals surface area contributed by atoms with E-state index in [1.165, 1.54) is 11.9 Å². The van der Waals surface area contributed by atoms with Crippen molar-refractivity contribution in [2.45, 2.75) is 138 Å². The Hall–Kier alpha value is -3.43. The standard InChI is InChI=1S/C41H56N4O6/c1-23(2)31-26(46)18-41(34-45-44-33(51-34)24-20-42-22-43-21-24)17-16-39(8)25(32(31)41)10-11-28-38(7)14-13-29(50-30(47)19-36(3,4)35(48)49)37(5,6)27(38)12-15-40(28,39)9/h20-23,25,27-29H,10-19H2,1-9H3,(H,48,49)/t25-,27+,28-,29+,38+,39-,40-,41-/m1/s1. The van der Waals surface area contributed by atoms with E-state index in [2.05, 4.69) is 68.6 Å². The van der Waals surface area contributed by atoms with Crippen LogP contribution in [0.4, 0.5) is 0 Å². The highest BCUT2D eigenvalue weighted by Gasteiger charge is 2.71. The average molecular weight is 701 g/mol. The van der Waals surface area contributed by atoms with Crippen molar-refractivity contribution in [1.82, 2.24) is 20.2 Å². The average Bonchev–Trinajstić information content (AvgIpc) is 3.67. The van der Waals surface area contributed by atoms with Gasteiger partial charge in [-0.3, -0.25) is 14.4 Å². The second-order valence-electron chi connectivity index (χ2n) is 19.0. The van der Waals surface area contributed by atoms with Gasteiger partial charge in [-0.05, 0) is 116 Å². The fourth-order valence-electron chi connectivity index (χ4n) is 12.6. The minimum absolute atomic E-state index is 0.0283. The number of carboxylic acids is 1. The minimum Gasteiger partial charge on any atom is -0.481 e. The number of carbonyl (C=O) groups excluding carboxylic acids is 2. The number of allylic oxidation sites excluding steroid dienone is 2. The molecule has 0 radical (unpaired) electrons. The number of rotatable bonds is 7. The van der Waals surface area contributed by atoms with Crippen molar-refractivity contribution < 1.29 is 28.6 Å². The summed E-state index contributed by atoms with van der Waals surface area (Å²) in [5.74, 6) is 0.907. The van der Waals surface area contributed by atoms with E-state index in [4.69, 9.17) is 9.15 Å². The van der Waals surface area contributed by atoms with Gasteiger partial charge in [0.25, 0.3) is 5.89 Å². The van der Waals surface area contributed by atoms with Gasteiger partial charge in [0.2, 0.25) is 5.89 Å². The van der Waals surface area contributed by atoms with Gasteiger partial charge < -0.3 is 14.3 Å². The van der Waals surface area contributed by atoms with E-state index in [-0.39, 0.29) is 51.8 Å². The smallest absolute Gasteiger partial charge is 0.309 e. The van der Waals surface area contributed by atoms with Crippen LogP contribution >= 0.6 is 0 Å². The molecule has 5 aliphatic rings. The molecule has 0 unspecified atom stereocenters. The topological polar surface area (TPSA) is 145 Å². The monoisotopic (exact) mass is 700 g/mol. The van der Waals surface area contributed by atoms with Gasteiger partial charge in [-0.1, -0.05) is 48.5 Å². The predicted octanol–water partition coefficient (Wildman–Crippen LogP) is 8.17. The van der Waals surface area contributed by atoms with Gasteiger partial charge in [0.15, 0.2) is 5.78 Å². The van der Waals surface area contributed by atoms with Crippen LogP contribution in [0.25, 0.3) is 11.5 Å². The van der Waals surface area contributed by atoms with Crippen LogP contribution in [-0.2, 0) is 24.5 Å². The molecule has 7 rings (SSSR count). The van der Waals surface area contributed by atoms with Crippen molar-refractivity contribution in [2.75, 3.05) is 0 Å². The molecule has 10 heteroatoms. The summed E-state index contributed by atoms with van der Waals surface area (Å²) in [6.07, 6.45) is 12.5. The molecule has 2 heterocycles. The molecule has 4 fully saturated rings. The Morgan fingerprint density at radius 2 is 1.65 bits per heavy atom. The lowest BCUT2D eigenvalue weighted by Gasteiger charge is -2.72. The van der Waals surface area contributed by atoms with Gasteiger partial charge in [-0.15, -0.1) is 10.2 Å². The first-order valence-electron chi connectivity index (χ1n) is 19.1. The molecule has 0 amide bonds. The molecule has 4 saturated carbocycles. The lowest BCUT2D eigenvalue weighted by atomic mass is 9.33. The summed E-state index contributed by atoms with van der Waals surface area (Å²) in [4.78, 5) is 47.2. The van der Waals surface area contributed by atoms with Crippen LogP contribution < -0.4 is 0 Å². The molecule has 276 valence electrons. The maximum absolute atomic E-state index is 14.1. The lowest BCUT2D eigenvalue weighted by Crippen LogP contribution is -2.66. The van der Waals surface area contributed by atoms with E-state index >= 15 is 0 Å². The zero-order chi connectivity index (χ0) is 36.9. The van der Waals surface area contributed by atoms with Crippen LogP contribution in [0, 0.1) is 50.7 Å². The Morgan fingerprint density at radius 3 is 2.31 bits per heavy atom. The number of aliphatic carboxylic acids is 1. The fourth-order valence-corrected chi connectivity index (χ4v) is 12.6. The summed E-state index contributed by atoms with van der Waals surface area (Å²) >= 11 is 0. The summed E-state index contributed by atoms with van der Waals surface area (Å²) in [6, 6.07) is 0. The number of hydrogen-bond donors (Lipinski definition) is 1. The first-order chi connectivity index (χ1) is 23.8. The molecule has 8 atom stereocenters. The molecule has 0 aromatic carbocycles. The molecule has 0 bridgehead atoms. The number of esters is 1. The van der Waals surface area contributed by atoms with Gasteiger partial charge >= 0.3 is 11.9 Å². The second-order valence-corrected chi connectivity index (χ2v) is 19.0. The highest BCUT2D eigenvalue weighted by molar-refractivity contribution is 6.01. The molecular weight excluding hydrogens is 644 g/mol. The summed E-state index contributed by atoms with van der Waals surface area (Å²) in [7, 11) is 0. The van der Waals surface area contributed by atoms with Gasteiger partial charge in [-0.2, -0.15) is 0 Å². The highest BCUT2D eigenvalue weighted by Crippen LogP contribution is 2.76. The Kier molecular flexibility index (Phi) is 8.31. The van der Waals surface area contributed by atoms with E-state index in [1.54, 1.807) is 26.2 Å². The molecule has 2 aromatic rings.